The summed E-state index contributed by atoms with van der Waals surface area (Å²) in [5.41, 5.74) is 2.62. The van der Waals surface area contributed by atoms with E-state index in [1.807, 2.05) is 32.3 Å². The van der Waals surface area contributed by atoms with E-state index in [0.717, 1.165) is 10.9 Å². The minimum absolute atomic E-state index is 0.0862. The quantitative estimate of drug-likeness (QED) is 0.761. The van der Waals surface area contributed by atoms with E-state index in [1.165, 1.54) is 5.56 Å². The van der Waals surface area contributed by atoms with Crippen LogP contribution in [0.5, 0.6) is 0 Å². The molecule has 2 aromatic heterocycles. The highest BCUT2D eigenvalue weighted by Crippen LogP contribution is 2.20. The highest BCUT2D eigenvalue weighted by molar-refractivity contribution is 7.07. The molecule has 3 rings (SSSR count). The summed E-state index contributed by atoms with van der Waals surface area (Å²) in [6.07, 6.45) is 1.72. The molecule has 1 atom stereocenters. The molecule has 0 unspecified atom stereocenters. The van der Waals surface area contributed by atoms with Crippen molar-refractivity contribution >= 4 is 28.1 Å². The summed E-state index contributed by atoms with van der Waals surface area (Å²) in [6, 6.07) is 7.87. The lowest BCUT2D eigenvalue weighted by atomic mass is 10.1. The van der Waals surface area contributed by atoms with Crippen LogP contribution in [-0.2, 0) is 0 Å². The third kappa shape index (κ3) is 2.88. The molecule has 1 aromatic carbocycles. The average Bonchev–Trinajstić information content (AvgIpc) is 3.17. The van der Waals surface area contributed by atoms with Crippen LogP contribution in [0.25, 0.3) is 10.9 Å². The molecule has 0 bridgehead atoms. The molecule has 0 aliphatic carbocycles. The van der Waals surface area contributed by atoms with Crippen molar-refractivity contribution in [2.75, 3.05) is 20.6 Å². The van der Waals surface area contributed by atoms with Gasteiger partial charge < -0.3 is 10.2 Å². The standard InChI is InChI=1S/C16H18N4OS/c1-20(2)14(12-6-7-22-10-12)9-17-16(21)13-5-3-4-11-8-18-19-15(11)13/h3-8,10,14H,9H2,1-2H3,(H,17,21)(H,18,19)/t14-/m0/s1. The van der Waals surface area contributed by atoms with Gasteiger partial charge in [0.2, 0.25) is 0 Å². The van der Waals surface area contributed by atoms with Crippen molar-refractivity contribution < 1.29 is 4.79 Å². The molecule has 0 aliphatic rings. The Morgan fingerprint density at radius 1 is 1.41 bits per heavy atom. The van der Waals surface area contributed by atoms with Crippen LogP contribution in [0.2, 0.25) is 0 Å². The number of rotatable bonds is 5. The van der Waals surface area contributed by atoms with E-state index >= 15 is 0 Å². The van der Waals surface area contributed by atoms with Crippen molar-refractivity contribution in [2.45, 2.75) is 6.04 Å². The first-order valence-electron chi connectivity index (χ1n) is 7.05. The summed E-state index contributed by atoms with van der Waals surface area (Å²) in [5, 5.41) is 15.0. The van der Waals surface area contributed by atoms with Gasteiger partial charge in [-0.1, -0.05) is 12.1 Å². The Bertz CT molecular complexity index is 763. The van der Waals surface area contributed by atoms with Crippen molar-refractivity contribution in [1.82, 2.24) is 20.4 Å². The number of amides is 1. The van der Waals surface area contributed by atoms with E-state index in [4.69, 9.17) is 0 Å². The van der Waals surface area contributed by atoms with Crippen molar-refractivity contribution in [3.05, 3.63) is 52.3 Å². The number of H-pyrrole nitrogens is 1. The maximum Gasteiger partial charge on any atom is 0.253 e. The largest absolute Gasteiger partial charge is 0.350 e. The van der Waals surface area contributed by atoms with Crippen LogP contribution < -0.4 is 5.32 Å². The monoisotopic (exact) mass is 314 g/mol. The van der Waals surface area contributed by atoms with Gasteiger partial charge in [0, 0.05) is 11.9 Å². The number of thiophene rings is 1. The fraction of sp³-hybridized carbons (Fsp3) is 0.250. The van der Waals surface area contributed by atoms with Crippen molar-refractivity contribution in [2.24, 2.45) is 0 Å². The highest BCUT2D eigenvalue weighted by atomic mass is 32.1. The number of hydrogen-bond donors (Lipinski definition) is 2. The van der Waals surface area contributed by atoms with E-state index in [-0.39, 0.29) is 11.9 Å². The number of nitrogens with zero attached hydrogens (tertiary/aromatic N) is 2. The average molecular weight is 314 g/mol. The van der Waals surface area contributed by atoms with Crippen LogP contribution in [-0.4, -0.2) is 41.6 Å². The van der Waals surface area contributed by atoms with Gasteiger partial charge in [-0.25, -0.2) is 0 Å². The lowest BCUT2D eigenvalue weighted by Gasteiger charge is -2.24. The molecule has 6 heteroatoms. The van der Waals surface area contributed by atoms with E-state index < -0.39 is 0 Å². The zero-order chi connectivity index (χ0) is 15.5. The van der Waals surface area contributed by atoms with E-state index in [2.05, 4.69) is 37.2 Å². The minimum Gasteiger partial charge on any atom is -0.350 e. The summed E-state index contributed by atoms with van der Waals surface area (Å²) in [4.78, 5) is 14.6. The van der Waals surface area contributed by atoms with Gasteiger partial charge in [0.1, 0.15) is 0 Å². The smallest absolute Gasteiger partial charge is 0.253 e. The van der Waals surface area contributed by atoms with Gasteiger partial charge in [-0.05, 0) is 42.6 Å². The van der Waals surface area contributed by atoms with Gasteiger partial charge in [-0.15, -0.1) is 0 Å². The molecule has 22 heavy (non-hydrogen) atoms. The molecular weight excluding hydrogens is 296 g/mol. The predicted molar refractivity (Wildman–Crippen MR) is 89.2 cm³/mol. The Labute approximate surface area is 133 Å². The Balaban J connectivity index is 1.75. The maximum absolute atomic E-state index is 12.5. The lowest BCUT2D eigenvalue weighted by Crippen LogP contribution is -2.34. The van der Waals surface area contributed by atoms with Crippen molar-refractivity contribution in [1.29, 1.82) is 0 Å². The summed E-state index contributed by atoms with van der Waals surface area (Å²) >= 11 is 1.67. The molecule has 1 amide bonds. The van der Waals surface area contributed by atoms with Gasteiger partial charge in [0.05, 0.1) is 23.3 Å². The fourth-order valence-corrected chi connectivity index (χ4v) is 3.21. The molecule has 0 aliphatic heterocycles. The van der Waals surface area contributed by atoms with E-state index in [9.17, 15) is 4.79 Å². The Morgan fingerprint density at radius 2 is 2.27 bits per heavy atom. The number of nitrogens with one attached hydrogen (secondary N) is 2. The van der Waals surface area contributed by atoms with Gasteiger partial charge in [0.25, 0.3) is 5.91 Å². The zero-order valence-electron chi connectivity index (χ0n) is 12.5. The molecule has 0 saturated heterocycles. The molecule has 114 valence electrons. The third-order valence-corrected chi connectivity index (χ3v) is 4.43. The summed E-state index contributed by atoms with van der Waals surface area (Å²) in [5.74, 6) is -0.0862. The molecule has 2 heterocycles. The van der Waals surface area contributed by atoms with Crippen LogP contribution >= 0.6 is 11.3 Å². The van der Waals surface area contributed by atoms with E-state index in [1.54, 1.807) is 17.5 Å². The molecule has 2 N–H and O–H groups in total. The van der Waals surface area contributed by atoms with Crippen LogP contribution in [0, 0.1) is 0 Å². The summed E-state index contributed by atoms with van der Waals surface area (Å²) in [7, 11) is 4.04. The zero-order valence-corrected chi connectivity index (χ0v) is 13.4. The van der Waals surface area contributed by atoms with Crippen LogP contribution in [0.3, 0.4) is 0 Å². The number of likely N-dealkylation sites (N-methyl/N-ethyl adjacent to an activating group) is 1. The first-order chi connectivity index (χ1) is 10.7. The second kappa shape index (κ2) is 6.29. The van der Waals surface area contributed by atoms with Crippen molar-refractivity contribution in [3.8, 4) is 0 Å². The van der Waals surface area contributed by atoms with Gasteiger partial charge in [0.15, 0.2) is 0 Å². The minimum atomic E-state index is -0.0862. The van der Waals surface area contributed by atoms with Gasteiger partial charge >= 0.3 is 0 Å². The molecule has 3 aromatic rings. The number of carbonyl (C=O) groups excluding carboxylic acids is 1. The SMILES string of the molecule is CN(C)[C@@H](CNC(=O)c1cccc2cn[nH]c12)c1ccsc1. The third-order valence-electron chi connectivity index (χ3n) is 3.73. The Hall–Kier alpha value is -2.18. The van der Waals surface area contributed by atoms with Gasteiger partial charge in [-0.3, -0.25) is 9.89 Å². The summed E-state index contributed by atoms with van der Waals surface area (Å²) < 4.78 is 0. The second-order valence-corrected chi connectivity index (χ2v) is 6.17. The van der Waals surface area contributed by atoms with E-state index in [0.29, 0.717) is 12.1 Å². The predicted octanol–water partition coefficient (Wildman–Crippen LogP) is 2.66. The first kappa shape index (κ1) is 14.7. The molecule has 0 radical (unpaired) electrons. The van der Waals surface area contributed by atoms with Crippen LogP contribution in [0.15, 0.2) is 41.2 Å². The normalized spacial score (nSPS) is 12.7. The number of aromatic nitrogens is 2. The maximum atomic E-state index is 12.5. The topological polar surface area (TPSA) is 61.0 Å². The number of para-hydroxylation sites is 1. The van der Waals surface area contributed by atoms with Crippen LogP contribution in [0.4, 0.5) is 0 Å². The molecule has 5 nitrogen and oxygen atoms in total. The number of fused-ring (bicyclic) bond motifs is 1. The van der Waals surface area contributed by atoms with Crippen molar-refractivity contribution in [3.63, 3.8) is 0 Å². The first-order valence-corrected chi connectivity index (χ1v) is 8.00. The molecule has 0 spiro atoms. The number of carbonyl (C=O) groups is 1. The highest BCUT2D eigenvalue weighted by Gasteiger charge is 2.17. The number of benzene rings is 1. The Morgan fingerprint density at radius 3 is 3.00 bits per heavy atom. The molecular formula is C16H18N4OS. The number of hydrogen-bond acceptors (Lipinski definition) is 4. The summed E-state index contributed by atoms with van der Waals surface area (Å²) in [6.45, 7) is 0.563. The van der Waals surface area contributed by atoms with Crippen LogP contribution in [0.1, 0.15) is 22.0 Å². The van der Waals surface area contributed by atoms with Gasteiger partial charge in [-0.2, -0.15) is 16.4 Å². The molecule has 0 saturated carbocycles. The number of aromatic amines is 1. The second-order valence-electron chi connectivity index (χ2n) is 5.39. The fourth-order valence-electron chi connectivity index (χ4n) is 2.51. The molecule has 0 fully saturated rings. The lowest BCUT2D eigenvalue weighted by molar-refractivity contribution is 0.0943. The Kier molecular flexibility index (Phi) is 4.22.